The highest BCUT2D eigenvalue weighted by Crippen LogP contribution is 2.45. The molecule has 1 amide bonds. The minimum Gasteiger partial charge on any atom is -0.481 e. The van der Waals surface area contributed by atoms with E-state index in [1.807, 2.05) is 41.7 Å². The third-order valence-corrected chi connectivity index (χ3v) is 6.36. The van der Waals surface area contributed by atoms with E-state index in [0.717, 1.165) is 17.2 Å². The van der Waals surface area contributed by atoms with Crippen LogP contribution in [0.4, 0.5) is 10.1 Å². The molecule has 0 aromatic heterocycles. The molecule has 0 atom stereocenters. The van der Waals surface area contributed by atoms with Crippen molar-refractivity contribution in [3.8, 4) is 5.75 Å². The Morgan fingerprint density at radius 2 is 1.96 bits per heavy atom. The summed E-state index contributed by atoms with van der Waals surface area (Å²) >= 11 is 3.83. The van der Waals surface area contributed by atoms with Crippen molar-refractivity contribution in [2.24, 2.45) is 0 Å². The second-order valence-electron chi connectivity index (χ2n) is 4.97. The first-order valence-electron chi connectivity index (χ1n) is 7.23. The number of benzene rings is 2. The van der Waals surface area contributed by atoms with Crippen LogP contribution >= 0.6 is 23.5 Å². The molecule has 0 radical (unpaired) electrons. The lowest BCUT2D eigenvalue weighted by Crippen LogP contribution is -2.20. The van der Waals surface area contributed by atoms with Gasteiger partial charge in [-0.05, 0) is 29.8 Å². The van der Waals surface area contributed by atoms with Crippen LogP contribution in [0.25, 0.3) is 0 Å². The van der Waals surface area contributed by atoms with E-state index in [1.54, 1.807) is 12.1 Å². The van der Waals surface area contributed by atoms with Crippen molar-refractivity contribution >= 4 is 35.1 Å². The summed E-state index contributed by atoms with van der Waals surface area (Å²) in [5.41, 5.74) is 1.93. The van der Waals surface area contributed by atoms with Gasteiger partial charge in [0.15, 0.2) is 18.2 Å². The van der Waals surface area contributed by atoms with Crippen molar-refractivity contribution in [1.29, 1.82) is 0 Å². The highest BCUT2D eigenvalue weighted by Gasteiger charge is 2.18. The summed E-state index contributed by atoms with van der Waals surface area (Å²) in [6.45, 7) is -0.224. The summed E-state index contributed by atoms with van der Waals surface area (Å²) in [6.07, 6.45) is 0. The van der Waals surface area contributed by atoms with Gasteiger partial charge in [0.05, 0.1) is 4.58 Å². The second kappa shape index (κ2) is 7.75. The Balaban J connectivity index is 1.57. The molecule has 2 aromatic rings. The van der Waals surface area contributed by atoms with Gasteiger partial charge in [-0.1, -0.05) is 24.3 Å². The number of nitrogens with one attached hydrogen (secondary N) is 1. The summed E-state index contributed by atoms with van der Waals surface area (Å²) in [4.78, 5) is 12.0. The summed E-state index contributed by atoms with van der Waals surface area (Å²) < 4.78 is 19.1. The number of carbonyl (C=O) groups is 1. The van der Waals surface area contributed by atoms with Crippen LogP contribution in [0.3, 0.4) is 0 Å². The first kappa shape index (κ1) is 16.2. The van der Waals surface area contributed by atoms with Crippen molar-refractivity contribution in [2.75, 3.05) is 23.4 Å². The number of rotatable bonds is 5. The largest absolute Gasteiger partial charge is 0.481 e. The molecular weight excluding hydrogens is 333 g/mol. The smallest absolute Gasteiger partial charge is 0.262 e. The fraction of sp³-hybridized carbons (Fsp3) is 0.235. The Hall–Kier alpha value is -1.66. The predicted octanol–water partition coefficient (Wildman–Crippen LogP) is 4.32. The quantitative estimate of drug-likeness (QED) is 0.872. The predicted molar refractivity (Wildman–Crippen MR) is 94.6 cm³/mol. The van der Waals surface area contributed by atoms with E-state index in [1.165, 1.54) is 17.7 Å². The molecule has 1 N–H and O–H groups in total. The van der Waals surface area contributed by atoms with Gasteiger partial charge >= 0.3 is 0 Å². The molecule has 1 aliphatic heterocycles. The van der Waals surface area contributed by atoms with E-state index in [2.05, 4.69) is 11.4 Å². The number of thioether (sulfide) groups is 2. The van der Waals surface area contributed by atoms with Gasteiger partial charge < -0.3 is 10.1 Å². The lowest BCUT2D eigenvalue weighted by Gasteiger charge is -2.11. The summed E-state index contributed by atoms with van der Waals surface area (Å²) in [6, 6.07) is 13.9. The Morgan fingerprint density at radius 1 is 1.17 bits per heavy atom. The van der Waals surface area contributed by atoms with Crippen LogP contribution < -0.4 is 10.1 Å². The van der Waals surface area contributed by atoms with Crippen molar-refractivity contribution in [2.45, 2.75) is 4.58 Å². The van der Waals surface area contributed by atoms with E-state index in [4.69, 9.17) is 4.74 Å². The average molecular weight is 349 g/mol. The fourth-order valence-electron chi connectivity index (χ4n) is 2.22. The zero-order valence-electron chi connectivity index (χ0n) is 12.3. The van der Waals surface area contributed by atoms with Crippen LogP contribution in [0, 0.1) is 5.82 Å². The topological polar surface area (TPSA) is 38.3 Å². The standard InChI is InChI=1S/C17H16FNO2S2/c18-14-6-1-2-7-15(14)21-11-16(20)19-13-5-3-4-12(10-13)17-22-8-9-23-17/h1-7,10,17H,8-9,11H2,(H,19,20). The van der Waals surface area contributed by atoms with Crippen LogP contribution in [0.2, 0.25) is 0 Å². The molecule has 120 valence electrons. The number of hydrogen-bond acceptors (Lipinski definition) is 4. The number of hydrogen-bond donors (Lipinski definition) is 1. The van der Waals surface area contributed by atoms with Crippen LogP contribution in [0.5, 0.6) is 5.75 Å². The van der Waals surface area contributed by atoms with Crippen molar-refractivity contribution in [1.82, 2.24) is 0 Å². The molecule has 3 nitrogen and oxygen atoms in total. The van der Waals surface area contributed by atoms with Crippen LogP contribution in [-0.2, 0) is 4.79 Å². The van der Waals surface area contributed by atoms with E-state index in [0.29, 0.717) is 4.58 Å². The first-order valence-corrected chi connectivity index (χ1v) is 9.32. The van der Waals surface area contributed by atoms with Crippen LogP contribution in [-0.4, -0.2) is 24.0 Å². The Labute approximate surface area is 143 Å². The average Bonchev–Trinajstić information content (AvgIpc) is 3.09. The normalized spacial score (nSPS) is 14.7. The number of carbonyl (C=O) groups excluding carboxylic acids is 1. The van der Waals surface area contributed by atoms with Crippen molar-refractivity contribution in [3.05, 3.63) is 59.9 Å². The zero-order valence-corrected chi connectivity index (χ0v) is 14.0. The molecule has 0 bridgehead atoms. The van der Waals surface area contributed by atoms with Gasteiger partial charge in [0.1, 0.15) is 0 Å². The van der Waals surface area contributed by atoms with E-state index in [9.17, 15) is 9.18 Å². The molecule has 3 rings (SSSR count). The molecule has 1 fully saturated rings. The monoisotopic (exact) mass is 349 g/mol. The maximum atomic E-state index is 13.4. The van der Waals surface area contributed by atoms with Gasteiger partial charge in [0.25, 0.3) is 5.91 Å². The number of halogens is 1. The van der Waals surface area contributed by atoms with Crippen LogP contribution in [0.1, 0.15) is 10.1 Å². The maximum absolute atomic E-state index is 13.4. The minimum atomic E-state index is -0.474. The molecule has 1 saturated heterocycles. The molecule has 2 aromatic carbocycles. The summed E-state index contributed by atoms with van der Waals surface area (Å²) in [7, 11) is 0. The number of anilines is 1. The fourth-order valence-corrected chi connectivity index (χ4v) is 5.05. The Bertz CT molecular complexity index is 690. The number of para-hydroxylation sites is 1. The molecule has 6 heteroatoms. The van der Waals surface area contributed by atoms with E-state index >= 15 is 0 Å². The number of amides is 1. The lowest BCUT2D eigenvalue weighted by atomic mass is 10.2. The highest BCUT2D eigenvalue weighted by atomic mass is 32.2. The van der Waals surface area contributed by atoms with Gasteiger partial charge in [-0.3, -0.25) is 4.79 Å². The third kappa shape index (κ3) is 4.42. The third-order valence-electron chi connectivity index (χ3n) is 3.26. The van der Waals surface area contributed by atoms with Gasteiger partial charge in [-0.15, -0.1) is 23.5 Å². The molecule has 0 saturated carbocycles. The summed E-state index contributed by atoms with van der Waals surface area (Å²) in [5, 5.41) is 2.79. The molecular formula is C17H16FNO2S2. The SMILES string of the molecule is O=C(COc1ccccc1F)Nc1cccc(C2SCCS2)c1. The van der Waals surface area contributed by atoms with Gasteiger partial charge in [0.2, 0.25) is 0 Å². The highest BCUT2D eigenvalue weighted by molar-refractivity contribution is 8.19. The molecule has 0 unspecified atom stereocenters. The van der Waals surface area contributed by atoms with E-state index in [-0.39, 0.29) is 18.3 Å². The first-order chi connectivity index (χ1) is 11.2. The van der Waals surface area contributed by atoms with Gasteiger partial charge in [-0.25, -0.2) is 4.39 Å². The summed E-state index contributed by atoms with van der Waals surface area (Å²) in [5.74, 6) is 1.61. The van der Waals surface area contributed by atoms with Gasteiger partial charge in [-0.2, -0.15) is 0 Å². The Morgan fingerprint density at radius 3 is 2.74 bits per heavy atom. The van der Waals surface area contributed by atoms with E-state index < -0.39 is 5.82 Å². The zero-order chi connectivity index (χ0) is 16.1. The lowest BCUT2D eigenvalue weighted by molar-refractivity contribution is -0.118. The van der Waals surface area contributed by atoms with Crippen LogP contribution in [0.15, 0.2) is 48.5 Å². The Kier molecular flexibility index (Phi) is 5.46. The molecule has 1 aliphatic rings. The number of ether oxygens (including phenoxy) is 1. The minimum absolute atomic E-state index is 0.0788. The molecule has 0 spiro atoms. The van der Waals surface area contributed by atoms with Crippen molar-refractivity contribution < 1.29 is 13.9 Å². The molecule has 0 aliphatic carbocycles. The van der Waals surface area contributed by atoms with Gasteiger partial charge in [0, 0.05) is 17.2 Å². The molecule has 23 heavy (non-hydrogen) atoms. The maximum Gasteiger partial charge on any atom is 0.262 e. The van der Waals surface area contributed by atoms with Crippen molar-refractivity contribution in [3.63, 3.8) is 0 Å². The second-order valence-corrected chi connectivity index (χ2v) is 7.69. The molecule has 1 heterocycles.